The van der Waals surface area contributed by atoms with Crippen molar-refractivity contribution in [1.82, 2.24) is 9.99 Å². The molecule has 0 spiro atoms. The van der Waals surface area contributed by atoms with Crippen molar-refractivity contribution < 1.29 is 23.8 Å². The van der Waals surface area contributed by atoms with E-state index in [4.69, 9.17) is 30.7 Å². The molecule has 12 heteroatoms. The number of nitrogens with zero attached hydrogens (tertiary/aromatic N) is 4. The van der Waals surface area contributed by atoms with E-state index in [-0.39, 0.29) is 12.4 Å². The van der Waals surface area contributed by atoms with Crippen LogP contribution in [-0.4, -0.2) is 61.3 Å². The first-order chi connectivity index (χ1) is 16.4. The molecule has 1 heterocycles. The summed E-state index contributed by atoms with van der Waals surface area (Å²) in [6.45, 7) is 1.76. The number of hydrogen-bond donors (Lipinski definition) is 3. The molecule has 12 nitrogen and oxygen atoms in total. The summed E-state index contributed by atoms with van der Waals surface area (Å²) in [5.74, 6) is 11.8. The Kier molecular flexibility index (Phi) is 10.7. The van der Waals surface area contributed by atoms with Crippen molar-refractivity contribution in [2.75, 3.05) is 26.6 Å². The third-order valence-electron chi connectivity index (χ3n) is 4.48. The summed E-state index contributed by atoms with van der Waals surface area (Å²) in [6.07, 6.45) is -1.16. The third-order valence-corrected chi connectivity index (χ3v) is 4.48. The van der Waals surface area contributed by atoms with Gasteiger partial charge < -0.3 is 24.9 Å². The van der Waals surface area contributed by atoms with Crippen LogP contribution < -0.4 is 17.0 Å². The van der Waals surface area contributed by atoms with Crippen LogP contribution in [-0.2, 0) is 25.7 Å². The molecule has 1 atom stereocenters. The van der Waals surface area contributed by atoms with Crippen molar-refractivity contribution >= 4 is 23.5 Å². The summed E-state index contributed by atoms with van der Waals surface area (Å²) < 4.78 is 15.5. The lowest BCUT2D eigenvalue weighted by Crippen LogP contribution is -2.40. The summed E-state index contributed by atoms with van der Waals surface area (Å²) in [7, 11) is 4.62. The van der Waals surface area contributed by atoms with E-state index in [1.807, 2.05) is 30.3 Å². The zero-order chi connectivity index (χ0) is 24.9. The van der Waals surface area contributed by atoms with Gasteiger partial charge in [-0.3, -0.25) is 10.3 Å². The van der Waals surface area contributed by atoms with Gasteiger partial charge in [0, 0.05) is 33.3 Å². The first-order valence-electron chi connectivity index (χ1n) is 10.4. The van der Waals surface area contributed by atoms with E-state index in [1.54, 1.807) is 32.2 Å². The molecule has 1 unspecified atom stereocenters. The Hall–Kier alpha value is -3.74. The number of aromatic nitrogens is 1. The molecule has 0 aliphatic heterocycles. The molecule has 1 aromatic carbocycles. The lowest BCUT2D eigenvalue weighted by Gasteiger charge is -2.19. The van der Waals surface area contributed by atoms with Crippen LogP contribution in [0.15, 0.2) is 58.8 Å². The molecule has 0 bridgehead atoms. The highest BCUT2D eigenvalue weighted by molar-refractivity contribution is 6.47. The molecule has 5 N–H and O–H groups in total. The van der Waals surface area contributed by atoms with Gasteiger partial charge in [0.25, 0.3) is 0 Å². The number of ether oxygens (including phenoxy) is 3. The van der Waals surface area contributed by atoms with Crippen LogP contribution in [0.1, 0.15) is 24.6 Å². The molecule has 0 aliphatic carbocycles. The summed E-state index contributed by atoms with van der Waals surface area (Å²) in [6, 6.07) is 14.3. The average molecular weight is 474 g/mol. The highest BCUT2D eigenvalue weighted by atomic mass is 16.7. The number of nitrogens with one attached hydrogen (secondary N) is 1. The molecular weight excluding hydrogens is 442 g/mol. The number of methoxy groups -OCH3 is 2. The molecule has 2 rings (SSSR count). The van der Waals surface area contributed by atoms with E-state index in [2.05, 4.69) is 20.6 Å². The summed E-state index contributed by atoms with van der Waals surface area (Å²) in [5, 5.41) is 11.7. The quantitative estimate of drug-likeness (QED) is 0.146. The lowest BCUT2D eigenvalue weighted by atomic mass is 10.1. The van der Waals surface area contributed by atoms with Crippen molar-refractivity contribution in [3.8, 4) is 0 Å². The number of amides is 1. The number of oxime groups is 1. The summed E-state index contributed by atoms with van der Waals surface area (Å²) in [4.78, 5) is 22.0. The second kappa shape index (κ2) is 13.7. The Labute approximate surface area is 198 Å². The highest BCUT2D eigenvalue weighted by Gasteiger charge is 2.17. The van der Waals surface area contributed by atoms with Crippen LogP contribution in [0.5, 0.6) is 0 Å². The maximum atomic E-state index is 12.2. The molecule has 2 aromatic rings. The van der Waals surface area contributed by atoms with Gasteiger partial charge in [0.15, 0.2) is 24.4 Å². The smallest absolute Gasteiger partial charge is 0.413 e. The molecular formula is C22H31N7O5. The topological polar surface area (TPSA) is 159 Å². The standard InChI is InChI=1S/C22H31N7O5/c1-15(13-19(31-3)32-4)34-22(30)26-18-12-8-11-17(25-18)14-33-28-20(21(27-23)29(2)24)16-9-6-5-7-10-16/h5-12,15,19H,13-14,23-24H2,1-4H3,(H,25,26,30)/b27-21-,28-20-. The van der Waals surface area contributed by atoms with Crippen molar-refractivity contribution in [3.63, 3.8) is 0 Å². The zero-order valence-corrected chi connectivity index (χ0v) is 19.7. The van der Waals surface area contributed by atoms with Crippen LogP contribution in [0.2, 0.25) is 0 Å². The number of hydrazone groups is 1. The zero-order valence-electron chi connectivity index (χ0n) is 19.7. The van der Waals surface area contributed by atoms with Crippen molar-refractivity contribution in [3.05, 3.63) is 59.8 Å². The Morgan fingerprint density at radius 1 is 1.15 bits per heavy atom. The number of rotatable bonds is 11. The Morgan fingerprint density at radius 3 is 2.47 bits per heavy atom. The maximum absolute atomic E-state index is 12.2. The van der Waals surface area contributed by atoms with Crippen LogP contribution in [0.4, 0.5) is 10.6 Å². The molecule has 184 valence electrons. The molecule has 0 saturated carbocycles. The Bertz CT molecular complexity index is 965. The molecule has 1 aromatic heterocycles. The summed E-state index contributed by atoms with van der Waals surface area (Å²) in [5.41, 5.74) is 1.59. The number of anilines is 1. The van der Waals surface area contributed by atoms with Crippen LogP contribution >= 0.6 is 0 Å². The highest BCUT2D eigenvalue weighted by Crippen LogP contribution is 2.11. The number of likely N-dealkylation sites (N-methyl/N-ethyl adjacent to an activating group) is 1. The van der Waals surface area contributed by atoms with Crippen LogP contribution in [0.3, 0.4) is 0 Å². The van der Waals surface area contributed by atoms with Crippen molar-refractivity contribution in [2.24, 2.45) is 21.9 Å². The first-order valence-corrected chi connectivity index (χ1v) is 10.4. The minimum atomic E-state index is -0.650. The molecule has 0 radical (unpaired) electrons. The van der Waals surface area contributed by atoms with Gasteiger partial charge in [0.05, 0.1) is 5.69 Å². The van der Waals surface area contributed by atoms with E-state index in [9.17, 15) is 4.79 Å². The maximum Gasteiger partial charge on any atom is 0.413 e. The van der Waals surface area contributed by atoms with Gasteiger partial charge in [-0.05, 0) is 19.1 Å². The molecule has 0 saturated heterocycles. The van der Waals surface area contributed by atoms with Crippen molar-refractivity contribution in [1.29, 1.82) is 0 Å². The van der Waals surface area contributed by atoms with Gasteiger partial charge in [-0.25, -0.2) is 15.6 Å². The minimum Gasteiger partial charge on any atom is -0.446 e. The fourth-order valence-electron chi connectivity index (χ4n) is 2.86. The van der Waals surface area contributed by atoms with E-state index in [1.165, 1.54) is 19.2 Å². The largest absolute Gasteiger partial charge is 0.446 e. The van der Waals surface area contributed by atoms with E-state index in [0.717, 1.165) is 0 Å². The number of amidine groups is 1. The minimum absolute atomic E-state index is 0.0206. The number of nitrogens with two attached hydrogens (primary N) is 2. The van der Waals surface area contributed by atoms with Gasteiger partial charge in [0.1, 0.15) is 11.9 Å². The number of pyridine rings is 1. The normalized spacial score (nSPS) is 12.9. The third kappa shape index (κ3) is 8.31. The SMILES string of the molecule is COC(CC(C)OC(=O)Nc1cccc(CO/N=C(\C(=N\N)N(C)N)c2ccccc2)n1)OC. The first kappa shape index (κ1) is 26.5. The van der Waals surface area contributed by atoms with Crippen LogP contribution in [0, 0.1) is 0 Å². The van der Waals surface area contributed by atoms with Crippen molar-refractivity contribution in [2.45, 2.75) is 32.3 Å². The summed E-state index contributed by atoms with van der Waals surface area (Å²) >= 11 is 0. The second-order valence-electron chi connectivity index (χ2n) is 7.13. The van der Waals surface area contributed by atoms with E-state index in [0.29, 0.717) is 29.2 Å². The number of hydrazine groups is 1. The Morgan fingerprint density at radius 2 is 1.85 bits per heavy atom. The molecule has 34 heavy (non-hydrogen) atoms. The molecule has 0 aliphatic rings. The van der Waals surface area contributed by atoms with Gasteiger partial charge in [-0.1, -0.05) is 41.6 Å². The predicted octanol–water partition coefficient (Wildman–Crippen LogP) is 2.03. The number of carbonyl (C=O) groups excluding carboxylic acids is 1. The predicted molar refractivity (Wildman–Crippen MR) is 128 cm³/mol. The monoisotopic (exact) mass is 473 g/mol. The fraction of sp³-hybridized carbons (Fsp3) is 0.364. The lowest BCUT2D eigenvalue weighted by molar-refractivity contribution is -0.120. The van der Waals surface area contributed by atoms with Gasteiger partial charge in [0.2, 0.25) is 0 Å². The van der Waals surface area contributed by atoms with E-state index >= 15 is 0 Å². The van der Waals surface area contributed by atoms with Gasteiger partial charge >= 0.3 is 6.09 Å². The second-order valence-corrected chi connectivity index (χ2v) is 7.13. The number of carbonyl (C=O) groups is 1. The molecule has 0 fully saturated rings. The van der Waals surface area contributed by atoms with Gasteiger partial charge in [-0.15, -0.1) is 0 Å². The average Bonchev–Trinajstić information content (AvgIpc) is 2.82. The van der Waals surface area contributed by atoms with Crippen LogP contribution in [0.25, 0.3) is 0 Å². The number of benzene rings is 1. The fourth-order valence-corrected chi connectivity index (χ4v) is 2.86. The van der Waals surface area contributed by atoms with E-state index < -0.39 is 18.5 Å². The molecule has 1 amide bonds. The van der Waals surface area contributed by atoms with Gasteiger partial charge in [-0.2, -0.15) is 5.10 Å². The Balaban J connectivity index is 2.02. The number of hydrogen-bond acceptors (Lipinski definition) is 10.